The third-order valence-corrected chi connectivity index (χ3v) is 8.10. The minimum Gasteiger partial charge on any atom is -0.396 e. The Bertz CT molecular complexity index is 900. The van der Waals surface area contributed by atoms with Crippen molar-refractivity contribution < 1.29 is 24.2 Å². The van der Waals surface area contributed by atoms with Crippen molar-refractivity contribution in [2.75, 3.05) is 19.7 Å². The van der Waals surface area contributed by atoms with Crippen molar-refractivity contribution in [1.29, 1.82) is 0 Å². The number of carbonyl (C=O) groups excluding carboxylic acids is 3. The minimum absolute atomic E-state index is 0.0945. The summed E-state index contributed by atoms with van der Waals surface area (Å²) in [4.78, 5) is 42.0. The van der Waals surface area contributed by atoms with Gasteiger partial charge in [-0.05, 0) is 37.7 Å². The largest absolute Gasteiger partial charge is 0.396 e. The summed E-state index contributed by atoms with van der Waals surface area (Å²) in [6, 6.07) is 8.83. The van der Waals surface area contributed by atoms with E-state index < -0.39 is 29.6 Å². The van der Waals surface area contributed by atoms with Gasteiger partial charge in [0.1, 0.15) is 11.6 Å². The van der Waals surface area contributed by atoms with E-state index >= 15 is 0 Å². The molecule has 1 aromatic rings. The number of carbonyl (C=O) groups is 3. The minimum atomic E-state index is -1.03. The van der Waals surface area contributed by atoms with E-state index in [0.29, 0.717) is 38.9 Å². The number of nitrogens with zero attached hydrogens (tertiary/aromatic N) is 1. The van der Waals surface area contributed by atoms with E-state index in [1.54, 1.807) is 4.90 Å². The lowest BCUT2D eigenvalue weighted by atomic mass is 9.70. The van der Waals surface area contributed by atoms with Crippen LogP contribution < -0.4 is 10.6 Å². The number of aliphatic hydroxyl groups is 1. The lowest BCUT2D eigenvalue weighted by molar-refractivity contribution is -0.142. The van der Waals surface area contributed by atoms with Gasteiger partial charge in [0.2, 0.25) is 17.7 Å². The van der Waals surface area contributed by atoms with E-state index in [1.165, 1.54) is 0 Å². The highest BCUT2D eigenvalue weighted by Crippen LogP contribution is 2.60. The van der Waals surface area contributed by atoms with Crippen molar-refractivity contribution in [3.05, 3.63) is 35.9 Å². The van der Waals surface area contributed by atoms with E-state index in [0.717, 1.165) is 18.4 Å². The molecule has 186 valence electrons. The molecule has 3 N–H and O–H groups in total. The SMILES string of the molecule is CCCNC(=O)[C@H]1[C@@H]2OC3(CC2Br)C(C(=O)NCc2ccccc2)N(CCCCCO)C(=O)[C@H]13. The van der Waals surface area contributed by atoms with Gasteiger partial charge in [-0.1, -0.05) is 53.2 Å². The Morgan fingerprint density at radius 2 is 1.94 bits per heavy atom. The molecule has 34 heavy (non-hydrogen) atoms. The fourth-order valence-corrected chi connectivity index (χ4v) is 6.73. The Morgan fingerprint density at radius 3 is 2.65 bits per heavy atom. The first kappa shape index (κ1) is 25.1. The molecular formula is C25H34BrN3O5. The number of fused-ring (bicyclic) bond motifs is 1. The summed E-state index contributed by atoms with van der Waals surface area (Å²) in [6.07, 6.45) is 2.93. The van der Waals surface area contributed by atoms with Gasteiger partial charge in [-0.3, -0.25) is 14.4 Å². The maximum Gasteiger partial charge on any atom is 0.246 e. The summed E-state index contributed by atoms with van der Waals surface area (Å²) < 4.78 is 6.45. The van der Waals surface area contributed by atoms with Gasteiger partial charge in [-0.25, -0.2) is 0 Å². The van der Waals surface area contributed by atoms with Crippen molar-refractivity contribution >= 4 is 33.7 Å². The Hall–Kier alpha value is -1.97. The summed E-state index contributed by atoms with van der Waals surface area (Å²) in [5.41, 5.74) is -0.0578. The molecule has 3 aliphatic heterocycles. The van der Waals surface area contributed by atoms with Crippen LogP contribution in [0.15, 0.2) is 30.3 Å². The number of nitrogens with one attached hydrogen (secondary N) is 2. The van der Waals surface area contributed by atoms with E-state index in [-0.39, 0.29) is 29.2 Å². The molecule has 0 aliphatic carbocycles. The van der Waals surface area contributed by atoms with Crippen LogP contribution in [-0.2, 0) is 25.7 Å². The quantitative estimate of drug-likeness (QED) is 0.295. The van der Waals surface area contributed by atoms with E-state index in [2.05, 4.69) is 26.6 Å². The molecule has 6 atom stereocenters. The number of likely N-dealkylation sites (tertiary alicyclic amines) is 1. The van der Waals surface area contributed by atoms with Crippen molar-refractivity contribution in [2.45, 2.75) is 68.1 Å². The molecule has 3 fully saturated rings. The number of benzene rings is 1. The van der Waals surface area contributed by atoms with Crippen molar-refractivity contribution in [3.63, 3.8) is 0 Å². The molecule has 3 saturated heterocycles. The maximum absolute atomic E-state index is 13.7. The first-order chi connectivity index (χ1) is 16.4. The second-order valence-corrected chi connectivity index (χ2v) is 10.7. The summed E-state index contributed by atoms with van der Waals surface area (Å²) in [7, 11) is 0. The van der Waals surface area contributed by atoms with Crippen LogP contribution in [0.3, 0.4) is 0 Å². The molecule has 8 nitrogen and oxygen atoms in total. The zero-order valence-electron chi connectivity index (χ0n) is 19.5. The summed E-state index contributed by atoms with van der Waals surface area (Å²) in [6.45, 7) is 3.36. The Morgan fingerprint density at radius 1 is 1.18 bits per heavy atom. The Labute approximate surface area is 208 Å². The monoisotopic (exact) mass is 535 g/mol. The van der Waals surface area contributed by atoms with Crippen LogP contribution in [0.2, 0.25) is 0 Å². The third kappa shape index (κ3) is 4.50. The summed E-state index contributed by atoms with van der Waals surface area (Å²) >= 11 is 3.67. The zero-order chi connectivity index (χ0) is 24.3. The number of rotatable bonds is 11. The predicted molar refractivity (Wildman–Crippen MR) is 130 cm³/mol. The number of aliphatic hydroxyl groups excluding tert-OH is 1. The van der Waals surface area contributed by atoms with Crippen LogP contribution >= 0.6 is 15.9 Å². The van der Waals surface area contributed by atoms with Gasteiger partial charge in [-0.15, -0.1) is 0 Å². The average molecular weight is 536 g/mol. The number of alkyl halides is 1. The van der Waals surface area contributed by atoms with Crippen LogP contribution in [-0.4, -0.2) is 70.0 Å². The van der Waals surface area contributed by atoms with Crippen molar-refractivity contribution in [3.8, 4) is 0 Å². The summed E-state index contributed by atoms with van der Waals surface area (Å²) in [5, 5.41) is 15.1. The number of hydrogen-bond acceptors (Lipinski definition) is 5. The fraction of sp³-hybridized carbons (Fsp3) is 0.640. The lowest BCUT2D eigenvalue weighted by Gasteiger charge is -2.34. The average Bonchev–Trinajstić information content (AvgIpc) is 3.43. The van der Waals surface area contributed by atoms with Crippen LogP contribution in [0.5, 0.6) is 0 Å². The maximum atomic E-state index is 13.7. The number of unbranched alkanes of at least 4 members (excludes halogenated alkanes) is 2. The molecule has 3 heterocycles. The number of amides is 3. The molecule has 2 bridgehead atoms. The predicted octanol–water partition coefficient (Wildman–Crippen LogP) is 1.74. The van der Waals surface area contributed by atoms with Gasteiger partial charge in [0, 0.05) is 31.1 Å². The van der Waals surface area contributed by atoms with Gasteiger partial charge >= 0.3 is 0 Å². The molecule has 1 aromatic carbocycles. The molecule has 4 rings (SSSR count). The molecule has 0 saturated carbocycles. The molecule has 1 spiro atoms. The topological polar surface area (TPSA) is 108 Å². The zero-order valence-corrected chi connectivity index (χ0v) is 21.1. The van der Waals surface area contributed by atoms with E-state index in [9.17, 15) is 14.4 Å². The van der Waals surface area contributed by atoms with Gasteiger partial charge in [0.25, 0.3) is 0 Å². The van der Waals surface area contributed by atoms with Gasteiger partial charge < -0.3 is 25.4 Å². The standard InChI is InChI=1S/C25H34BrN3O5/c1-2-11-27-22(31)18-19-24(33)29(12-7-4-8-13-30)21(25(19)14-17(26)20(18)34-25)23(32)28-15-16-9-5-3-6-10-16/h3,5-6,9-10,17-21,30H,2,4,7-8,11-15H2,1H3,(H,27,31)(H,28,32)/t17?,18-,19+,20-,21?,25?/m1/s1. The molecule has 9 heteroatoms. The molecule has 3 aliphatic rings. The normalized spacial score (nSPS) is 31.6. The number of ether oxygens (including phenoxy) is 1. The Balaban J connectivity index is 1.60. The summed E-state index contributed by atoms with van der Waals surface area (Å²) in [5.74, 6) is -1.90. The molecule has 3 unspecified atom stereocenters. The molecule has 0 aromatic heterocycles. The Kier molecular flexibility index (Phi) is 7.94. The van der Waals surface area contributed by atoms with Gasteiger partial charge in [0.05, 0.1) is 17.9 Å². The highest BCUT2D eigenvalue weighted by molar-refractivity contribution is 9.09. The van der Waals surface area contributed by atoms with Gasteiger partial charge in [-0.2, -0.15) is 0 Å². The first-order valence-electron chi connectivity index (χ1n) is 12.3. The fourth-order valence-electron chi connectivity index (χ4n) is 5.79. The van der Waals surface area contributed by atoms with Gasteiger partial charge in [0.15, 0.2) is 0 Å². The molecule has 3 amide bonds. The van der Waals surface area contributed by atoms with E-state index in [4.69, 9.17) is 9.84 Å². The number of hydrogen-bond donors (Lipinski definition) is 3. The van der Waals surface area contributed by atoms with Crippen LogP contribution in [0, 0.1) is 11.8 Å². The van der Waals surface area contributed by atoms with Crippen LogP contribution in [0.25, 0.3) is 0 Å². The van der Waals surface area contributed by atoms with Crippen molar-refractivity contribution in [1.82, 2.24) is 15.5 Å². The molecule has 0 radical (unpaired) electrons. The van der Waals surface area contributed by atoms with E-state index in [1.807, 2.05) is 37.3 Å². The number of halogens is 1. The first-order valence-corrected chi connectivity index (χ1v) is 13.2. The second kappa shape index (κ2) is 10.7. The van der Waals surface area contributed by atoms with Crippen LogP contribution in [0.1, 0.15) is 44.6 Å². The van der Waals surface area contributed by atoms with Crippen molar-refractivity contribution in [2.24, 2.45) is 11.8 Å². The smallest absolute Gasteiger partial charge is 0.246 e. The third-order valence-electron chi connectivity index (χ3n) is 7.26. The molecular weight excluding hydrogens is 502 g/mol. The highest BCUT2D eigenvalue weighted by Gasteiger charge is 2.76. The highest BCUT2D eigenvalue weighted by atomic mass is 79.9. The second-order valence-electron chi connectivity index (χ2n) is 9.47. The van der Waals surface area contributed by atoms with Crippen LogP contribution in [0.4, 0.5) is 0 Å². The lowest BCUT2D eigenvalue weighted by Crippen LogP contribution is -2.56.